The van der Waals surface area contributed by atoms with Crippen LogP contribution in [0.15, 0.2) is 22.8 Å². The Morgan fingerprint density at radius 1 is 1.53 bits per heavy atom. The van der Waals surface area contributed by atoms with E-state index < -0.39 is 0 Å². The Labute approximate surface area is 91.1 Å². The van der Waals surface area contributed by atoms with Gasteiger partial charge in [-0.2, -0.15) is 0 Å². The van der Waals surface area contributed by atoms with Gasteiger partial charge in [-0.25, -0.2) is 0 Å². The van der Waals surface area contributed by atoms with E-state index in [-0.39, 0.29) is 18.1 Å². The Bertz CT molecular complexity index is 264. The van der Waals surface area contributed by atoms with Gasteiger partial charge in [0.2, 0.25) is 0 Å². The molecule has 0 amide bonds. The van der Waals surface area contributed by atoms with Gasteiger partial charge in [-0.1, -0.05) is 20.8 Å². The van der Waals surface area contributed by atoms with E-state index in [1.807, 2.05) is 26.0 Å². The summed E-state index contributed by atoms with van der Waals surface area (Å²) in [6, 6.07) is 3.78. The summed E-state index contributed by atoms with van der Waals surface area (Å²) in [6.45, 7) is 6.66. The van der Waals surface area contributed by atoms with Crippen molar-refractivity contribution in [3.05, 3.63) is 24.2 Å². The number of hydrogen-bond acceptors (Lipinski definition) is 3. The number of rotatable bonds is 6. The number of furan rings is 1. The van der Waals surface area contributed by atoms with Crippen LogP contribution in [-0.4, -0.2) is 18.3 Å². The lowest BCUT2D eigenvalue weighted by atomic mass is 9.96. The molecule has 0 aliphatic heterocycles. The summed E-state index contributed by atoms with van der Waals surface area (Å²) in [5, 5.41) is 9.11. The number of hydrogen-bond donors (Lipinski definition) is 1. The molecule has 3 nitrogen and oxygen atoms in total. The third-order valence-electron chi connectivity index (χ3n) is 2.33. The second kappa shape index (κ2) is 5.33. The van der Waals surface area contributed by atoms with E-state index in [0.29, 0.717) is 6.61 Å². The fraction of sp³-hybridized carbons (Fsp3) is 0.667. The Balaban J connectivity index is 2.49. The molecule has 86 valence electrons. The first-order valence-corrected chi connectivity index (χ1v) is 5.35. The molecule has 0 spiro atoms. The largest absolute Gasteiger partial charge is 0.467 e. The van der Waals surface area contributed by atoms with Gasteiger partial charge in [0.15, 0.2) is 0 Å². The maximum atomic E-state index is 9.11. The first-order chi connectivity index (χ1) is 7.09. The molecule has 0 saturated heterocycles. The lowest BCUT2D eigenvalue weighted by molar-refractivity contribution is -0.0283. The van der Waals surface area contributed by atoms with Gasteiger partial charge in [-0.05, 0) is 18.6 Å². The molecule has 0 bridgehead atoms. The summed E-state index contributed by atoms with van der Waals surface area (Å²) in [7, 11) is 0. The summed E-state index contributed by atoms with van der Waals surface area (Å²) < 4.78 is 11.0. The minimum absolute atomic E-state index is 0.00850. The van der Waals surface area contributed by atoms with Gasteiger partial charge in [-0.3, -0.25) is 0 Å². The smallest absolute Gasteiger partial charge is 0.132 e. The molecule has 1 rings (SSSR count). The van der Waals surface area contributed by atoms with Crippen LogP contribution in [0.4, 0.5) is 0 Å². The highest BCUT2D eigenvalue weighted by Crippen LogP contribution is 2.24. The fourth-order valence-corrected chi connectivity index (χ4v) is 1.25. The molecular weight excluding hydrogens is 192 g/mol. The summed E-state index contributed by atoms with van der Waals surface area (Å²) in [6.07, 6.45) is 2.51. The van der Waals surface area contributed by atoms with Gasteiger partial charge in [0.05, 0.1) is 19.5 Å². The van der Waals surface area contributed by atoms with Gasteiger partial charge in [0.25, 0.3) is 0 Å². The highest BCUT2D eigenvalue weighted by molar-refractivity contribution is 5.01. The molecule has 0 aromatic carbocycles. The maximum absolute atomic E-state index is 9.11. The minimum Gasteiger partial charge on any atom is -0.467 e. The van der Waals surface area contributed by atoms with Gasteiger partial charge in [-0.15, -0.1) is 0 Å². The van der Waals surface area contributed by atoms with Crippen molar-refractivity contribution in [2.45, 2.75) is 33.3 Å². The van der Waals surface area contributed by atoms with Crippen molar-refractivity contribution in [3.63, 3.8) is 0 Å². The quantitative estimate of drug-likeness (QED) is 0.788. The average molecular weight is 212 g/mol. The third-order valence-corrected chi connectivity index (χ3v) is 2.33. The SMILES string of the molecule is CCC(OCC(C)(C)CO)c1ccco1. The lowest BCUT2D eigenvalue weighted by Gasteiger charge is -2.24. The Hall–Kier alpha value is -0.800. The average Bonchev–Trinajstić information content (AvgIpc) is 2.72. The zero-order valence-corrected chi connectivity index (χ0v) is 9.69. The first kappa shape index (κ1) is 12.3. The van der Waals surface area contributed by atoms with E-state index in [1.54, 1.807) is 6.26 Å². The molecule has 0 radical (unpaired) electrons. The van der Waals surface area contributed by atoms with E-state index in [0.717, 1.165) is 12.2 Å². The number of aliphatic hydroxyl groups is 1. The lowest BCUT2D eigenvalue weighted by Crippen LogP contribution is -2.24. The molecule has 1 heterocycles. The topological polar surface area (TPSA) is 42.6 Å². The molecule has 0 saturated carbocycles. The van der Waals surface area contributed by atoms with Gasteiger partial charge >= 0.3 is 0 Å². The molecule has 0 aliphatic carbocycles. The Kier molecular flexibility index (Phi) is 4.36. The normalized spacial score (nSPS) is 14.1. The highest BCUT2D eigenvalue weighted by atomic mass is 16.5. The van der Waals surface area contributed by atoms with Crippen molar-refractivity contribution >= 4 is 0 Å². The van der Waals surface area contributed by atoms with E-state index >= 15 is 0 Å². The molecule has 0 fully saturated rings. The van der Waals surface area contributed by atoms with Crippen LogP contribution in [0.2, 0.25) is 0 Å². The van der Waals surface area contributed by atoms with Gasteiger partial charge in [0, 0.05) is 5.41 Å². The third kappa shape index (κ3) is 3.68. The first-order valence-electron chi connectivity index (χ1n) is 5.35. The summed E-state index contributed by atoms with van der Waals surface area (Å²) in [5.41, 5.74) is -0.194. The van der Waals surface area contributed by atoms with Gasteiger partial charge < -0.3 is 14.3 Å². The molecule has 3 heteroatoms. The number of aliphatic hydroxyl groups excluding tert-OH is 1. The molecule has 1 N–H and O–H groups in total. The predicted octanol–water partition coefficient (Wildman–Crippen LogP) is 2.77. The molecule has 1 aromatic heterocycles. The van der Waals surface area contributed by atoms with Crippen molar-refractivity contribution < 1.29 is 14.3 Å². The summed E-state index contributed by atoms with van der Waals surface area (Å²) in [5.74, 6) is 0.853. The summed E-state index contributed by atoms with van der Waals surface area (Å²) in [4.78, 5) is 0. The molecule has 1 aromatic rings. The Morgan fingerprint density at radius 3 is 2.73 bits per heavy atom. The van der Waals surface area contributed by atoms with E-state index in [4.69, 9.17) is 14.3 Å². The number of ether oxygens (including phenoxy) is 1. The van der Waals surface area contributed by atoms with Crippen LogP contribution in [-0.2, 0) is 4.74 Å². The minimum atomic E-state index is -0.194. The molecule has 0 aliphatic rings. The van der Waals surface area contributed by atoms with Crippen molar-refractivity contribution in [3.8, 4) is 0 Å². The van der Waals surface area contributed by atoms with Crippen LogP contribution >= 0.6 is 0 Å². The standard InChI is InChI=1S/C12H20O3/c1-4-10(11-6-5-7-14-11)15-9-12(2,3)8-13/h5-7,10,13H,4,8-9H2,1-3H3. The molecular formula is C12H20O3. The fourth-order valence-electron chi connectivity index (χ4n) is 1.25. The molecule has 1 unspecified atom stereocenters. The van der Waals surface area contributed by atoms with Crippen molar-refractivity contribution in [2.75, 3.05) is 13.2 Å². The highest BCUT2D eigenvalue weighted by Gasteiger charge is 2.20. The molecule has 1 atom stereocenters. The van der Waals surface area contributed by atoms with E-state index in [2.05, 4.69) is 6.92 Å². The zero-order valence-electron chi connectivity index (χ0n) is 9.69. The molecule has 15 heavy (non-hydrogen) atoms. The van der Waals surface area contributed by atoms with Crippen molar-refractivity contribution in [2.24, 2.45) is 5.41 Å². The maximum Gasteiger partial charge on any atom is 0.132 e. The zero-order chi connectivity index (χ0) is 11.3. The second-order valence-corrected chi connectivity index (χ2v) is 4.55. The van der Waals surface area contributed by atoms with E-state index in [9.17, 15) is 0 Å². The van der Waals surface area contributed by atoms with Crippen LogP contribution in [0.5, 0.6) is 0 Å². The Morgan fingerprint density at radius 2 is 2.27 bits per heavy atom. The van der Waals surface area contributed by atoms with Crippen LogP contribution < -0.4 is 0 Å². The van der Waals surface area contributed by atoms with Crippen LogP contribution in [0.3, 0.4) is 0 Å². The summed E-state index contributed by atoms with van der Waals surface area (Å²) >= 11 is 0. The predicted molar refractivity (Wildman–Crippen MR) is 58.6 cm³/mol. The monoisotopic (exact) mass is 212 g/mol. The van der Waals surface area contributed by atoms with Crippen LogP contribution in [0.25, 0.3) is 0 Å². The van der Waals surface area contributed by atoms with Gasteiger partial charge in [0.1, 0.15) is 11.9 Å². The van der Waals surface area contributed by atoms with E-state index in [1.165, 1.54) is 0 Å². The van der Waals surface area contributed by atoms with Crippen LogP contribution in [0, 0.1) is 5.41 Å². The van der Waals surface area contributed by atoms with Crippen molar-refractivity contribution in [1.82, 2.24) is 0 Å². The van der Waals surface area contributed by atoms with Crippen LogP contribution in [0.1, 0.15) is 39.1 Å². The van der Waals surface area contributed by atoms with Crippen molar-refractivity contribution in [1.29, 1.82) is 0 Å². The second-order valence-electron chi connectivity index (χ2n) is 4.55.